The standard InChI is InChI=1S/C16H18N2O3/c1-11(14-5-3-4-6-15(14)19)17-12-7-9-13(10-8-12)18-16(20)21-2/h3-11,17,19H,1-2H3,(H,18,20). The van der Waals surface area contributed by atoms with Crippen LogP contribution in [0.5, 0.6) is 5.75 Å². The number of nitrogens with one attached hydrogen (secondary N) is 2. The number of amides is 1. The van der Waals surface area contributed by atoms with E-state index < -0.39 is 6.09 Å². The van der Waals surface area contributed by atoms with Gasteiger partial charge in [0.05, 0.1) is 13.2 Å². The maximum Gasteiger partial charge on any atom is 0.411 e. The largest absolute Gasteiger partial charge is 0.508 e. The molecule has 0 radical (unpaired) electrons. The first-order valence-electron chi connectivity index (χ1n) is 6.59. The molecular weight excluding hydrogens is 268 g/mol. The number of para-hydroxylation sites is 1. The summed E-state index contributed by atoms with van der Waals surface area (Å²) in [5.74, 6) is 0.265. The van der Waals surface area contributed by atoms with E-state index in [1.54, 1.807) is 24.3 Å². The summed E-state index contributed by atoms with van der Waals surface area (Å²) in [5.41, 5.74) is 2.37. The molecule has 0 bridgehead atoms. The Morgan fingerprint density at radius 2 is 1.71 bits per heavy atom. The molecule has 1 unspecified atom stereocenters. The zero-order valence-corrected chi connectivity index (χ0v) is 12.0. The fourth-order valence-corrected chi connectivity index (χ4v) is 2.00. The SMILES string of the molecule is COC(=O)Nc1ccc(NC(C)c2ccccc2O)cc1. The van der Waals surface area contributed by atoms with Gasteiger partial charge in [0.2, 0.25) is 0 Å². The van der Waals surface area contributed by atoms with Crippen molar-refractivity contribution in [3.8, 4) is 5.75 Å². The first kappa shape index (κ1) is 14.7. The topological polar surface area (TPSA) is 70.6 Å². The molecule has 0 spiro atoms. The van der Waals surface area contributed by atoms with Gasteiger partial charge in [-0.15, -0.1) is 0 Å². The summed E-state index contributed by atoms with van der Waals surface area (Å²) >= 11 is 0. The molecule has 0 aliphatic heterocycles. The highest BCUT2D eigenvalue weighted by atomic mass is 16.5. The van der Waals surface area contributed by atoms with Gasteiger partial charge >= 0.3 is 6.09 Å². The lowest BCUT2D eigenvalue weighted by molar-refractivity contribution is 0.187. The van der Waals surface area contributed by atoms with Gasteiger partial charge in [0, 0.05) is 16.9 Å². The van der Waals surface area contributed by atoms with E-state index in [-0.39, 0.29) is 11.8 Å². The molecule has 0 aliphatic carbocycles. The van der Waals surface area contributed by atoms with E-state index in [1.165, 1.54) is 7.11 Å². The zero-order valence-electron chi connectivity index (χ0n) is 12.0. The number of carbonyl (C=O) groups is 1. The smallest absolute Gasteiger partial charge is 0.411 e. The number of hydrogen-bond acceptors (Lipinski definition) is 4. The number of ether oxygens (including phenoxy) is 1. The summed E-state index contributed by atoms with van der Waals surface area (Å²) in [5, 5.41) is 15.7. The van der Waals surface area contributed by atoms with Gasteiger partial charge in [-0.2, -0.15) is 0 Å². The zero-order chi connectivity index (χ0) is 15.2. The number of anilines is 2. The van der Waals surface area contributed by atoms with Gasteiger partial charge in [0.25, 0.3) is 0 Å². The maximum absolute atomic E-state index is 11.1. The Morgan fingerprint density at radius 1 is 1.10 bits per heavy atom. The molecule has 1 atom stereocenters. The number of methoxy groups -OCH3 is 1. The molecule has 0 saturated carbocycles. The minimum absolute atomic E-state index is 0.0365. The highest BCUT2D eigenvalue weighted by Gasteiger charge is 2.09. The molecule has 2 rings (SSSR count). The molecule has 2 aromatic rings. The number of phenolic OH excluding ortho intramolecular Hbond substituents is 1. The molecule has 5 heteroatoms. The van der Waals surface area contributed by atoms with Crippen molar-refractivity contribution in [2.45, 2.75) is 13.0 Å². The minimum Gasteiger partial charge on any atom is -0.508 e. The predicted molar refractivity (Wildman–Crippen MR) is 82.6 cm³/mol. The van der Waals surface area contributed by atoms with E-state index >= 15 is 0 Å². The predicted octanol–water partition coefficient (Wildman–Crippen LogP) is 3.74. The van der Waals surface area contributed by atoms with Crippen molar-refractivity contribution in [2.75, 3.05) is 17.7 Å². The minimum atomic E-state index is -0.502. The Bertz CT molecular complexity index is 611. The number of phenols is 1. The Labute approximate surface area is 123 Å². The molecule has 0 aromatic heterocycles. The van der Waals surface area contributed by atoms with Crippen molar-refractivity contribution in [1.82, 2.24) is 0 Å². The molecule has 0 aliphatic rings. The van der Waals surface area contributed by atoms with Crippen molar-refractivity contribution in [3.63, 3.8) is 0 Å². The highest BCUT2D eigenvalue weighted by Crippen LogP contribution is 2.26. The van der Waals surface area contributed by atoms with Crippen LogP contribution in [0.2, 0.25) is 0 Å². The molecule has 3 N–H and O–H groups in total. The van der Waals surface area contributed by atoms with Crippen molar-refractivity contribution in [1.29, 1.82) is 0 Å². The van der Waals surface area contributed by atoms with Crippen LogP contribution in [0.3, 0.4) is 0 Å². The van der Waals surface area contributed by atoms with Crippen LogP contribution in [0, 0.1) is 0 Å². The second kappa shape index (κ2) is 6.65. The number of benzene rings is 2. The van der Waals surface area contributed by atoms with Crippen molar-refractivity contribution < 1.29 is 14.6 Å². The van der Waals surface area contributed by atoms with E-state index in [1.807, 2.05) is 31.2 Å². The third-order valence-electron chi connectivity index (χ3n) is 3.10. The quantitative estimate of drug-likeness (QED) is 0.800. The Hall–Kier alpha value is -2.69. The summed E-state index contributed by atoms with van der Waals surface area (Å²) in [6.45, 7) is 1.97. The molecule has 21 heavy (non-hydrogen) atoms. The average Bonchev–Trinajstić information content (AvgIpc) is 2.49. The van der Waals surface area contributed by atoms with Crippen molar-refractivity contribution >= 4 is 17.5 Å². The van der Waals surface area contributed by atoms with Gasteiger partial charge in [0.15, 0.2) is 0 Å². The van der Waals surface area contributed by atoms with Gasteiger partial charge in [-0.05, 0) is 37.3 Å². The fourth-order valence-electron chi connectivity index (χ4n) is 2.00. The Balaban J connectivity index is 2.03. The molecule has 0 saturated heterocycles. The second-order valence-electron chi connectivity index (χ2n) is 4.62. The molecule has 1 amide bonds. The van der Waals surface area contributed by atoms with Gasteiger partial charge in [-0.25, -0.2) is 4.79 Å². The van der Waals surface area contributed by atoms with Gasteiger partial charge in [-0.3, -0.25) is 5.32 Å². The first-order valence-corrected chi connectivity index (χ1v) is 6.59. The summed E-state index contributed by atoms with van der Waals surface area (Å²) in [6.07, 6.45) is -0.502. The maximum atomic E-state index is 11.1. The molecule has 0 heterocycles. The van der Waals surface area contributed by atoms with Crippen LogP contribution in [0.1, 0.15) is 18.5 Å². The molecule has 2 aromatic carbocycles. The van der Waals surface area contributed by atoms with E-state index in [2.05, 4.69) is 15.4 Å². The van der Waals surface area contributed by atoms with Crippen LogP contribution < -0.4 is 10.6 Å². The monoisotopic (exact) mass is 286 g/mol. The highest BCUT2D eigenvalue weighted by molar-refractivity contribution is 5.84. The normalized spacial score (nSPS) is 11.5. The van der Waals surface area contributed by atoms with Crippen LogP contribution in [-0.2, 0) is 4.74 Å². The molecule has 110 valence electrons. The van der Waals surface area contributed by atoms with E-state index in [0.717, 1.165) is 11.3 Å². The third-order valence-corrected chi connectivity index (χ3v) is 3.10. The number of aromatic hydroxyl groups is 1. The van der Waals surface area contributed by atoms with Crippen LogP contribution in [0.15, 0.2) is 48.5 Å². The van der Waals surface area contributed by atoms with E-state index in [4.69, 9.17) is 0 Å². The van der Waals surface area contributed by atoms with E-state index in [0.29, 0.717) is 5.69 Å². The van der Waals surface area contributed by atoms with Crippen LogP contribution in [0.4, 0.5) is 16.2 Å². The summed E-state index contributed by atoms with van der Waals surface area (Å²) in [7, 11) is 1.32. The van der Waals surface area contributed by atoms with Gasteiger partial charge in [0.1, 0.15) is 5.75 Å². The van der Waals surface area contributed by atoms with Crippen LogP contribution >= 0.6 is 0 Å². The van der Waals surface area contributed by atoms with Gasteiger partial charge < -0.3 is 15.2 Å². The summed E-state index contributed by atoms with van der Waals surface area (Å²) < 4.78 is 4.53. The summed E-state index contributed by atoms with van der Waals surface area (Å²) in [4.78, 5) is 11.1. The van der Waals surface area contributed by atoms with Crippen molar-refractivity contribution in [2.24, 2.45) is 0 Å². The lowest BCUT2D eigenvalue weighted by Crippen LogP contribution is -2.11. The number of hydrogen-bond donors (Lipinski definition) is 3. The van der Waals surface area contributed by atoms with Crippen LogP contribution in [0.25, 0.3) is 0 Å². The molecule has 5 nitrogen and oxygen atoms in total. The second-order valence-corrected chi connectivity index (χ2v) is 4.62. The third kappa shape index (κ3) is 3.89. The van der Waals surface area contributed by atoms with E-state index in [9.17, 15) is 9.90 Å². The lowest BCUT2D eigenvalue weighted by atomic mass is 10.1. The number of rotatable bonds is 4. The van der Waals surface area contributed by atoms with Crippen molar-refractivity contribution in [3.05, 3.63) is 54.1 Å². The lowest BCUT2D eigenvalue weighted by Gasteiger charge is -2.17. The Morgan fingerprint density at radius 3 is 2.33 bits per heavy atom. The molecular formula is C16H18N2O3. The molecule has 0 fully saturated rings. The number of carbonyl (C=O) groups excluding carboxylic acids is 1. The first-order chi connectivity index (χ1) is 10.1. The Kier molecular flexibility index (Phi) is 4.66. The summed E-state index contributed by atoms with van der Waals surface area (Å²) in [6, 6.07) is 14.4. The average molecular weight is 286 g/mol. The van der Waals surface area contributed by atoms with Crippen LogP contribution in [-0.4, -0.2) is 18.3 Å². The van der Waals surface area contributed by atoms with Gasteiger partial charge in [-0.1, -0.05) is 18.2 Å². The fraction of sp³-hybridized carbons (Fsp3) is 0.188.